The van der Waals surface area contributed by atoms with Crippen LogP contribution >= 0.6 is 0 Å². The van der Waals surface area contributed by atoms with E-state index in [0.717, 1.165) is 16.7 Å². The molecule has 0 spiro atoms. The van der Waals surface area contributed by atoms with Crippen LogP contribution in [0.4, 0.5) is 5.69 Å². The first-order valence-corrected chi connectivity index (χ1v) is 8.40. The maximum atomic E-state index is 12.0. The van der Waals surface area contributed by atoms with Gasteiger partial charge in [-0.25, -0.2) is 0 Å². The number of anilines is 1. The zero-order valence-electron chi connectivity index (χ0n) is 15.1. The summed E-state index contributed by atoms with van der Waals surface area (Å²) in [5, 5.41) is 3.11. The van der Waals surface area contributed by atoms with Crippen molar-refractivity contribution in [3.05, 3.63) is 74.0 Å². The van der Waals surface area contributed by atoms with E-state index in [1.807, 2.05) is 49.4 Å². The van der Waals surface area contributed by atoms with E-state index in [-0.39, 0.29) is 0 Å². The highest BCUT2D eigenvalue weighted by Crippen LogP contribution is 2.28. The van der Waals surface area contributed by atoms with Crippen molar-refractivity contribution in [1.29, 1.82) is 0 Å². The fourth-order valence-corrected chi connectivity index (χ4v) is 2.92. The van der Waals surface area contributed by atoms with Gasteiger partial charge in [0, 0.05) is 6.54 Å². The largest absolute Gasteiger partial charge is 0.493 e. The summed E-state index contributed by atoms with van der Waals surface area (Å²) in [7, 11) is 3.19. The average molecular weight is 351 g/mol. The van der Waals surface area contributed by atoms with E-state index in [2.05, 4.69) is 5.32 Å². The highest BCUT2D eigenvalue weighted by atomic mass is 16.5. The summed E-state index contributed by atoms with van der Waals surface area (Å²) >= 11 is 0. The monoisotopic (exact) mass is 351 g/mol. The van der Waals surface area contributed by atoms with Gasteiger partial charge in [-0.05, 0) is 36.6 Å². The van der Waals surface area contributed by atoms with Gasteiger partial charge in [-0.2, -0.15) is 0 Å². The van der Waals surface area contributed by atoms with Gasteiger partial charge in [-0.15, -0.1) is 0 Å². The van der Waals surface area contributed by atoms with Gasteiger partial charge in [0.15, 0.2) is 11.5 Å². The van der Waals surface area contributed by atoms with Crippen molar-refractivity contribution < 1.29 is 9.47 Å². The fraction of sp³-hybridized carbons (Fsp3) is 0.238. The van der Waals surface area contributed by atoms with Gasteiger partial charge < -0.3 is 14.8 Å². The molecule has 5 nitrogen and oxygen atoms in total. The molecule has 0 amide bonds. The van der Waals surface area contributed by atoms with Gasteiger partial charge in [0.25, 0.3) is 0 Å². The van der Waals surface area contributed by atoms with E-state index in [1.165, 1.54) is 0 Å². The number of aryl methyl sites for hydroxylation is 1. The lowest BCUT2D eigenvalue weighted by atomic mass is 9.97. The second-order valence-corrected chi connectivity index (χ2v) is 6.14. The van der Waals surface area contributed by atoms with Gasteiger partial charge in [0.2, 0.25) is 10.9 Å². The Bertz CT molecular complexity index is 982. The molecule has 26 heavy (non-hydrogen) atoms. The van der Waals surface area contributed by atoms with Gasteiger partial charge in [-0.1, -0.05) is 35.9 Å². The van der Waals surface area contributed by atoms with Crippen LogP contribution in [0.2, 0.25) is 0 Å². The maximum Gasteiger partial charge on any atom is 0.250 e. The summed E-state index contributed by atoms with van der Waals surface area (Å²) in [5.41, 5.74) is 2.92. The second kappa shape index (κ2) is 7.44. The molecular weight excluding hydrogens is 330 g/mol. The van der Waals surface area contributed by atoms with Gasteiger partial charge >= 0.3 is 0 Å². The Morgan fingerprint density at radius 3 is 2.23 bits per heavy atom. The molecule has 0 saturated carbocycles. The molecule has 5 heteroatoms. The lowest BCUT2D eigenvalue weighted by molar-refractivity contribution is 0.354. The molecular formula is C21H21NO4. The van der Waals surface area contributed by atoms with Crippen LogP contribution in [-0.2, 0) is 6.42 Å². The molecule has 0 aromatic heterocycles. The van der Waals surface area contributed by atoms with Crippen LogP contribution in [0.1, 0.15) is 11.1 Å². The molecule has 0 atom stereocenters. The quantitative estimate of drug-likeness (QED) is 0.663. The molecule has 0 aliphatic heterocycles. The van der Waals surface area contributed by atoms with Crippen molar-refractivity contribution >= 4 is 5.69 Å². The third kappa shape index (κ3) is 3.33. The Balaban J connectivity index is 1.72. The van der Waals surface area contributed by atoms with Crippen molar-refractivity contribution in [2.24, 2.45) is 0 Å². The van der Waals surface area contributed by atoms with Gasteiger partial charge in [0.05, 0.1) is 25.5 Å². The fourth-order valence-electron chi connectivity index (χ4n) is 2.92. The Kier molecular flexibility index (Phi) is 5.07. The molecule has 134 valence electrons. The zero-order chi connectivity index (χ0) is 18.7. The lowest BCUT2D eigenvalue weighted by Crippen LogP contribution is -2.36. The van der Waals surface area contributed by atoms with Gasteiger partial charge in [-0.3, -0.25) is 9.59 Å². The minimum atomic E-state index is -0.451. The first-order valence-electron chi connectivity index (χ1n) is 8.40. The summed E-state index contributed by atoms with van der Waals surface area (Å²) < 4.78 is 10.5. The number of hydrogen-bond donors (Lipinski definition) is 1. The van der Waals surface area contributed by atoms with Crippen molar-refractivity contribution in [3.63, 3.8) is 0 Å². The Morgan fingerprint density at radius 1 is 0.885 bits per heavy atom. The van der Waals surface area contributed by atoms with E-state index in [4.69, 9.17) is 9.47 Å². The number of hydrogen-bond acceptors (Lipinski definition) is 5. The summed E-state index contributed by atoms with van der Waals surface area (Å²) in [5.74, 6) is 1.34. The van der Waals surface area contributed by atoms with Crippen molar-refractivity contribution in [1.82, 2.24) is 0 Å². The third-order valence-electron chi connectivity index (χ3n) is 4.41. The van der Waals surface area contributed by atoms with Crippen LogP contribution < -0.4 is 25.6 Å². The zero-order valence-corrected chi connectivity index (χ0v) is 15.1. The molecule has 3 rings (SSSR count). The topological polar surface area (TPSA) is 64.6 Å². The standard InChI is InChI=1S/C21H21NO4/c1-13-4-7-15(8-5-13)18-19(21(24)20(18)23)22-11-10-14-6-9-16(25-2)17(12-14)26-3/h4-9,12,22H,10-11H2,1-3H3. The first-order chi connectivity index (χ1) is 12.5. The summed E-state index contributed by atoms with van der Waals surface area (Å²) in [6.45, 7) is 2.52. The minimum absolute atomic E-state index is 0.402. The molecule has 0 fully saturated rings. The van der Waals surface area contributed by atoms with Gasteiger partial charge in [0.1, 0.15) is 0 Å². The molecule has 1 N–H and O–H groups in total. The summed E-state index contributed by atoms with van der Waals surface area (Å²) in [4.78, 5) is 23.9. The predicted molar refractivity (Wildman–Crippen MR) is 103 cm³/mol. The molecule has 0 heterocycles. The number of rotatable bonds is 7. The molecule has 3 aromatic carbocycles. The van der Waals surface area contributed by atoms with E-state index in [9.17, 15) is 9.59 Å². The molecule has 0 radical (unpaired) electrons. The van der Waals surface area contributed by atoms with Crippen LogP contribution in [0, 0.1) is 6.92 Å². The predicted octanol–water partition coefficient (Wildman–Crippen LogP) is 2.93. The highest BCUT2D eigenvalue weighted by Gasteiger charge is 2.21. The van der Waals surface area contributed by atoms with Crippen LogP contribution in [0.15, 0.2) is 52.1 Å². The lowest BCUT2D eigenvalue weighted by Gasteiger charge is -2.14. The van der Waals surface area contributed by atoms with Crippen LogP contribution in [0.3, 0.4) is 0 Å². The van der Waals surface area contributed by atoms with Crippen molar-refractivity contribution in [2.45, 2.75) is 13.3 Å². The van der Waals surface area contributed by atoms with Crippen LogP contribution in [-0.4, -0.2) is 20.8 Å². The Hall–Kier alpha value is -3.08. The third-order valence-corrected chi connectivity index (χ3v) is 4.41. The second-order valence-electron chi connectivity index (χ2n) is 6.14. The normalized spacial score (nSPS) is 10.7. The smallest absolute Gasteiger partial charge is 0.250 e. The average Bonchev–Trinajstić information content (AvgIpc) is 2.67. The van der Waals surface area contributed by atoms with E-state index in [0.29, 0.717) is 35.7 Å². The van der Waals surface area contributed by atoms with E-state index < -0.39 is 10.9 Å². The number of nitrogens with one attached hydrogen (secondary N) is 1. The molecule has 0 bridgehead atoms. The number of methoxy groups -OCH3 is 2. The Labute approximate surface area is 151 Å². The SMILES string of the molecule is COc1ccc(CCNc2c(-c3ccc(C)cc3)c(=O)c2=O)cc1OC. The minimum Gasteiger partial charge on any atom is -0.493 e. The maximum absolute atomic E-state index is 12.0. The van der Waals surface area contributed by atoms with E-state index in [1.54, 1.807) is 14.2 Å². The van der Waals surface area contributed by atoms with Crippen LogP contribution in [0.25, 0.3) is 11.1 Å². The molecule has 0 saturated heterocycles. The number of ether oxygens (including phenoxy) is 2. The van der Waals surface area contributed by atoms with Crippen LogP contribution in [0.5, 0.6) is 11.5 Å². The molecule has 3 aromatic rings. The number of benzene rings is 2. The highest BCUT2D eigenvalue weighted by molar-refractivity contribution is 5.81. The van der Waals surface area contributed by atoms with Crippen molar-refractivity contribution in [3.8, 4) is 22.6 Å². The van der Waals surface area contributed by atoms with Crippen molar-refractivity contribution in [2.75, 3.05) is 26.1 Å². The molecule has 0 unspecified atom stereocenters. The summed E-state index contributed by atoms with van der Waals surface area (Å²) in [6, 6.07) is 13.3. The first kappa shape index (κ1) is 17.7. The van der Waals surface area contributed by atoms with E-state index >= 15 is 0 Å². The Morgan fingerprint density at radius 2 is 1.58 bits per heavy atom. The molecule has 0 aliphatic rings. The molecule has 0 aliphatic carbocycles. The summed E-state index contributed by atoms with van der Waals surface area (Å²) in [6.07, 6.45) is 0.687.